The molecule has 0 spiro atoms. The predicted molar refractivity (Wildman–Crippen MR) is 75.3 cm³/mol. The number of rotatable bonds is 9. The first kappa shape index (κ1) is 16.6. The van der Waals surface area contributed by atoms with Crippen LogP contribution in [0.3, 0.4) is 0 Å². The molecule has 1 aromatic heterocycles. The zero-order valence-electron chi connectivity index (χ0n) is 11.9. The van der Waals surface area contributed by atoms with Crippen molar-refractivity contribution in [2.24, 2.45) is 0 Å². The van der Waals surface area contributed by atoms with Crippen molar-refractivity contribution in [3.8, 4) is 0 Å². The molecule has 5 nitrogen and oxygen atoms in total. The molecule has 3 N–H and O–H groups in total. The van der Waals surface area contributed by atoms with Crippen molar-refractivity contribution in [2.45, 2.75) is 39.0 Å². The standard InChI is InChI=1S/C13H22F2N4O/c1-3-5-10-11(16-6-4-2)18-9-19-12(10)17-7-13(14,15)8-20/h9,20H,3-8H2,1-2H3,(H2,16,17,18,19). The van der Waals surface area contributed by atoms with Crippen LogP contribution < -0.4 is 10.6 Å². The van der Waals surface area contributed by atoms with E-state index < -0.39 is 19.1 Å². The van der Waals surface area contributed by atoms with Gasteiger partial charge < -0.3 is 15.7 Å². The van der Waals surface area contributed by atoms with Crippen molar-refractivity contribution in [3.63, 3.8) is 0 Å². The van der Waals surface area contributed by atoms with Gasteiger partial charge in [-0.15, -0.1) is 0 Å². The van der Waals surface area contributed by atoms with Crippen LogP contribution in [-0.2, 0) is 6.42 Å². The van der Waals surface area contributed by atoms with Gasteiger partial charge in [0, 0.05) is 12.1 Å². The molecule has 114 valence electrons. The van der Waals surface area contributed by atoms with Gasteiger partial charge in [0.1, 0.15) is 24.6 Å². The van der Waals surface area contributed by atoms with Gasteiger partial charge in [-0.25, -0.2) is 18.7 Å². The fourth-order valence-electron chi connectivity index (χ4n) is 1.72. The monoisotopic (exact) mass is 288 g/mol. The number of aromatic nitrogens is 2. The number of nitrogens with one attached hydrogen (secondary N) is 2. The van der Waals surface area contributed by atoms with E-state index in [1.165, 1.54) is 6.33 Å². The summed E-state index contributed by atoms with van der Waals surface area (Å²) in [5.74, 6) is -2.09. The Bertz CT molecular complexity index is 415. The first-order valence-corrected chi connectivity index (χ1v) is 6.84. The summed E-state index contributed by atoms with van der Waals surface area (Å²) in [4.78, 5) is 8.19. The lowest BCUT2D eigenvalue weighted by molar-refractivity contribution is -0.0373. The van der Waals surface area contributed by atoms with Crippen molar-refractivity contribution < 1.29 is 13.9 Å². The second-order valence-corrected chi connectivity index (χ2v) is 4.59. The van der Waals surface area contributed by atoms with E-state index in [0.717, 1.165) is 24.9 Å². The molecule has 0 aliphatic heterocycles. The van der Waals surface area contributed by atoms with Gasteiger partial charge >= 0.3 is 0 Å². The van der Waals surface area contributed by atoms with Crippen molar-refractivity contribution in [1.82, 2.24) is 9.97 Å². The van der Waals surface area contributed by atoms with Gasteiger partial charge in [-0.3, -0.25) is 0 Å². The summed E-state index contributed by atoms with van der Waals surface area (Å²) in [6.45, 7) is 2.97. The zero-order chi connectivity index (χ0) is 15.0. The summed E-state index contributed by atoms with van der Waals surface area (Å²) in [5.41, 5.74) is 0.803. The molecule has 1 heterocycles. The van der Waals surface area contributed by atoms with Gasteiger partial charge in [0.25, 0.3) is 5.92 Å². The first-order valence-electron chi connectivity index (χ1n) is 6.84. The minimum atomic E-state index is -3.16. The molecular weight excluding hydrogens is 266 g/mol. The van der Waals surface area contributed by atoms with E-state index in [2.05, 4.69) is 20.6 Å². The molecule has 0 aliphatic rings. The molecule has 0 saturated carbocycles. The number of alkyl halides is 2. The van der Waals surface area contributed by atoms with Gasteiger partial charge in [-0.05, 0) is 12.8 Å². The molecule has 20 heavy (non-hydrogen) atoms. The highest BCUT2D eigenvalue weighted by molar-refractivity contribution is 5.57. The van der Waals surface area contributed by atoms with Crippen molar-refractivity contribution in [1.29, 1.82) is 0 Å². The summed E-state index contributed by atoms with van der Waals surface area (Å²) < 4.78 is 26.2. The van der Waals surface area contributed by atoms with Gasteiger partial charge in [0.05, 0.1) is 6.54 Å². The summed E-state index contributed by atoms with van der Waals surface area (Å²) >= 11 is 0. The minimum absolute atomic E-state index is 0.397. The lowest BCUT2D eigenvalue weighted by Crippen LogP contribution is -2.31. The van der Waals surface area contributed by atoms with E-state index in [9.17, 15) is 8.78 Å². The number of hydrogen-bond acceptors (Lipinski definition) is 5. The van der Waals surface area contributed by atoms with Crippen LogP contribution in [0.5, 0.6) is 0 Å². The highest BCUT2D eigenvalue weighted by Crippen LogP contribution is 2.23. The Balaban J connectivity index is 2.88. The third-order valence-electron chi connectivity index (χ3n) is 2.73. The molecule has 0 radical (unpaired) electrons. The molecule has 7 heteroatoms. The van der Waals surface area contributed by atoms with Crippen LogP contribution in [-0.4, -0.2) is 40.7 Å². The van der Waals surface area contributed by atoms with Crippen molar-refractivity contribution in [2.75, 3.05) is 30.3 Å². The van der Waals surface area contributed by atoms with E-state index in [-0.39, 0.29) is 0 Å². The first-order chi connectivity index (χ1) is 9.54. The van der Waals surface area contributed by atoms with Crippen molar-refractivity contribution >= 4 is 11.6 Å². The average molecular weight is 288 g/mol. The molecule has 0 fully saturated rings. The topological polar surface area (TPSA) is 70.1 Å². The van der Waals surface area contributed by atoms with E-state index in [1.54, 1.807) is 0 Å². The Morgan fingerprint density at radius 3 is 2.35 bits per heavy atom. The normalized spacial score (nSPS) is 11.4. The second kappa shape index (κ2) is 7.94. The largest absolute Gasteiger partial charge is 0.390 e. The third kappa shape index (κ3) is 4.88. The Labute approximate surface area is 117 Å². The number of hydrogen-bond donors (Lipinski definition) is 3. The van der Waals surface area contributed by atoms with E-state index in [1.807, 2.05) is 13.8 Å². The summed E-state index contributed by atoms with van der Waals surface area (Å²) in [7, 11) is 0. The number of aliphatic hydroxyl groups excluding tert-OH is 1. The maximum atomic E-state index is 13.1. The van der Waals surface area contributed by atoms with Crippen LogP contribution in [0.2, 0.25) is 0 Å². The molecule has 0 amide bonds. The molecule has 0 bridgehead atoms. The molecule has 1 aromatic rings. The van der Waals surface area contributed by atoms with Crippen molar-refractivity contribution in [3.05, 3.63) is 11.9 Å². The predicted octanol–water partition coefficient (Wildman–Crippen LogP) is 2.29. The third-order valence-corrected chi connectivity index (χ3v) is 2.73. The lowest BCUT2D eigenvalue weighted by atomic mass is 10.1. The summed E-state index contributed by atoms with van der Waals surface area (Å²) in [6.07, 6.45) is 3.84. The fraction of sp³-hybridized carbons (Fsp3) is 0.692. The Morgan fingerprint density at radius 2 is 1.80 bits per heavy atom. The number of nitrogens with zero attached hydrogens (tertiary/aromatic N) is 2. The van der Waals surface area contributed by atoms with Gasteiger partial charge in [-0.2, -0.15) is 0 Å². The van der Waals surface area contributed by atoms with E-state index in [4.69, 9.17) is 5.11 Å². The molecular formula is C13H22F2N4O. The van der Waals surface area contributed by atoms with Gasteiger partial charge in [-0.1, -0.05) is 20.3 Å². The lowest BCUT2D eigenvalue weighted by Gasteiger charge is -2.18. The van der Waals surface area contributed by atoms with Crippen LogP contribution in [0, 0.1) is 0 Å². The number of aliphatic hydroxyl groups is 1. The molecule has 1 rings (SSSR count). The van der Waals surface area contributed by atoms with Crippen LogP contribution >= 0.6 is 0 Å². The highest BCUT2D eigenvalue weighted by atomic mass is 19.3. The quantitative estimate of drug-likeness (QED) is 0.650. The maximum absolute atomic E-state index is 13.1. The average Bonchev–Trinajstić information content (AvgIpc) is 2.45. The molecule has 0 aromatic carbocycles. The van der Waals surface area contributed by atoms with E-state index in [0.29, 0.717) is 18.1 Å². The molecule has 0 aliphatic carbocycles. The maximum Gasteiger partial charge on any atom is 0.287 e. The van der Waals surface area contributed by atoms with Gasteiger partial charge in [0.2, 0.25) is 0 Å². The van der Waals surface area contributed by atoms with E-state index >= 15 is 0 Å². The Morgan fingerprint density at radius 1 is 1.15 bits per heavy atom. The van der Waals surface area contributed by atoms with Crippen LogP contribution in [0.4, 0.5) is 20.4 Å². The highest BCUT2D eigenvalue weighted by Gasteiger charge is 2.28. The second-order valence-electron chi connectivity index (χ2n) is 4.59. The van der Waals surface area contributed by atoms with Crippen LogP contribution in [0.1, 0.15) is 32.3 Å². The zero-order valence-corrected chi connectivity index (χ0v) is 11.9. The molecule has 0 unspecified atom stereocenters. The van der Waals surface area contributed by atoms with Gasteiger partial charge in [0.15, 0.2) is 0 Å². The SMILES string of the molecule is CCCNc1ncnc(NCC(F)(F)CO)c1CCC. The number of anilines is 2. The van der Waals surface area contributed by atoms with Crippen LogP contribution in [0.15, 0.2) is 6.33 Å². The number of halogens is 2. The smallest absolute Gasteiger partial charge is 0.287 e. The fourth-order valence-corrected chi connectivity index (χ4v) is 1.72. The molecule has 0 atom stereocenters. The summed E-state index contributed by atoms with van der Waals surface area (Å²) in [5, 5.41) is 14.4. The van der Waals surface area contributed by atoms with Crippen LogP contribution in [0.25, 0.3) is 0 Å². The molecule has 0 saturated heterocycles. The Kier molecular flexibility index (Phi) is 6.57. The Hall–Kier alpha value is -1.50. The minimum Gasteiger partial charge on any atom is -0.390 e. The summed E-state index contributed by atoms with van der Waals surface area (Å²) in [6, 6.07) is 0.